The molecule has 8 heteroatoms. The molecule has 1 heterocycles. The van der Waals surface area contributed by atoms with E-state index in [1.807, 2.05) is 18.2 Å². The molecule has 0 radical (unpaired) electrons. The van der Waals surface area contributed by atoms with Gasteiger partial charge in [-0.3, -0.25) is 0 Å². The second-order valence-corrected chi connectivity index (χ2v) is 8.98. The van der Waals surface area contributed by atoms with E-state index in [0.717, 1.165) is 29.8 Å². The number of halogens is 1. The summed E-state index contributed by atoms with van der Waals surface area (Å²) in [4.78, 5) is 22.8. The number of hydrogen-bond acceptors (Lipinski definition) is 5. The Balaban J connectivity index is 0.000000366. The van der Waals surface area contributed by atoms with Crippen LogP contribution in [0.2, 0.25) is 5.02 Å². The molecule has 2 aromatic rings. The average molecular weight is 464 g/mol. The molecule has 0 aliphatic carbocycles. The van der Waals surface area contributed by atoms with E-state index in [-0.39, 0.29) is 5.92 Å². The van der Waals surface area contributed by atoms with Crippen LogP contribution in [0.1, 0.15) is 36.0 Å². The number of carboxylic acid groups (broad SMARTS) is 2. The molecule has 0 unspecified atom stereocenters. The van der Waals surface area contributed by atoms with E-state index >= 15 is 0 Å². The molecule has 3 N–H and O–H groups in total. The van der Waals surface area contributed by atoms with Gasteiger partial charge in [0.2, 0.25) is 0 Å². The molecule has 0 fully saturated rings. The number of rotatable bonds is 6. The van der Waals surface area contributed by atoms with Crippen molar-refractivity contribution < 1.29 is 29.8 Å². The molecular weight excluding hydrogens is 438 g/mol. The van der Waals surface area contributed by atoms with E-state index in [1.54, 1.807) is 11.8 Å². The summed E-state index contributed by atoms with van der Waals surface area (Å²) in [6, 6.07) is 14.3. The average Bonchev–Trinajstić information content (AvgIpc) is 2.82. The fourth-order valence-electron chi connectivity index (χ4n) is 3.36. The van der Waals surface area contributed by atoms with E-state index in [4.69, 9.17) is 16.7 Å². The molecule has 2 atom stereocenters. The van der Waals surface area contributed by atoms with Crippen molar-refractivity contribution in [1.29, 1.82) is 0 Å². The van der Waals surface area contributed by atoms with Gasteiger partial charge in [-0.25, -0.2) is 4.79 Å². The van der Waals surface area contributed by atoms with Crippen molar-refractivity contribution in [1.82, 2.24) is 0 Å². The Morgan fingerprint density at radius 1 is 1.13 bits per heavy atom. The van der Waals surface area contributed by atoms with Crippen LogP contribution in [0.25, 0.3) is 0 Å². The number of carboxylic acids is 2. The molecule has 0 aromatic heterocycles. The summed E-state index contributed by atoms with van der Waals surface area (Å²) in [6.45, 7) is 1.11. The maximum Gasteiger partial charge on any atom is 0.328 e. The quantitative estimate of drug-likeness (QED) is 0.566. The lowest BCUT2D eigenvalue weighted by atomic mass is 9.85. The molecule has 6 nitrogen and oxygen atoms in total. The minimum Gasteiger partial charge on any atom is -0.545 e. The van der Waals surface area contributed by atoms with Crippen LogP contribution >= 0.6 is 23.4 Å². The highest BCUT2D eigenvalue weighted by Crippen LogP contribution is 2.48. The zero-order valence-electron chi connectivity index (χ0n) is 17.4. The van der Waals surface area contributed by atoms with Crippen LogP contribution in [0.4, 0.5) is 0 Å². The summed E-state index contributed by atoms with van der Waals surface area (Å²) in [6.07, 6.45) is 2.52. The molecule has 0 amide bonds. The van der Waals surface area contributed by atoms with E-state index < -0.39 is 18.0 Å². The first-order valence-electron chi connectivity index (χ1n) is 9.84. The molecule has 0 spiro atoms. The molecule has 166 valence electrons. The van der Waals surface area contributed by atoms with Gasteiger partial charge in [-0.15, -0.1) is 0 Å². The third-order valence-electron chi connectivity index (χ3n) is 4.76. The van der Waals surface area contributed by atoms with E-state index in [0.29, 0.717) is 17.2 Å². The lowest BCUT2D eigenvalue weighted by molar-refractivity contribution is -0.858. The Morgan fingerprint density at radius 2 is 1.81 bits per heavy atom. The topological polar surface area (TPSA) is 102 Å². The zero-order chi connectivity index (χ0) is 23.0. The summed E-state index contributed by atoms with van der Waals surface area (Å²) < 4.78 is 0. The smallest absolute Gasteiger partial charge is 0.328 e. The lowest BCUT2D eigenvalue weighted by Crippen LogP contribution is -3.05. The number of hydrogen-bond donors (Lipinski definition) is 3. The highest BCUT2D eigenvalue weighted by molar-refractivity contribution is 7.99. The molecule has 0 saturated heterocycles. The van der Waals surface area contributed by atoms with Crippen LogP contribution in [-0.2, 0) is 9.59 Å². The van der Waals surface area contributed by atoms with Gasteiger partial charge >= 0.3 is 5.97 Å². The molecule has 1 aliphatic rings. The highest BCUT2D eigenvalue weighted by Gasteiger charge is 2.30. The monoisotopic (exact) mass is 463 g/mol. The van der Waals surface area contributed by atoms with Gasteiger partial charge in [-0.05, 0) is 54.3 Å². The standard InChI is InChI=1S/C19H22ClNOS.C4H4O4/c1-21(2)11-5-7-15-14-6-3-4-8-17(14)23-18-10-9-13(20)12-16(18)19(15)22;5-3(6)1-2-4(7)8/h3-4,6,8-10,12,15,19,22H,5,7,11H2,1-2H3;1-2H,(H,5,6)(H,7,8)/b;2-1-/t15-,19-;/m0./s1. The van der Waals surface area contributed by atoms with Gasteiger partial charge in [0.15, 0.2) is 0 Å². The predicted octanol–water partition coefficient (Wildman–Crippen LogP) is 1.92. The number of benzene rings is 2. The fourth-order valence-corrected chi connectivity index (χ4v) is 4.69. The minimum atomic E-state index is -1.51. The van der Waals surface area contributed by atoms with Crippen LogP contribution in [-0.4, -0.2) is 42.8 Å². The third kappa shape index (κ3) is 7.70. The first-order valence-corrected chi connectivity index (χ1v) is 11.0. The van der Waals surface area contributed by atoms with Crippen molar-refractivity contribution in [3.05, 3.63) is 70.8 Å². The van der Waals surface area contributed by atoms with Crippen molar-refractivity contribution in [3.8, 4) is 0 Å². The molecule has 31 heavy (non-hydrogen) atoms. The number of aliphatic hydroxyl groups is 1. The number of aliphatic hydroxyl groups excluding tert-OH is 1. The van der Waals surface area contributed by atoms with Gasteiger partial charge in [0, 0.05) is 26.8 Å². The second kappa shape index (κ2) is 11.9. The maximum absolute atomic E-state index is 11.1. The second-order valence-electron chi connectivity index (χ2n) is 7.46. The Kier molecular flexibility index (Phi) is 9.58. The van der Waals surface area contributed by atoms with Crippen molar-refractivity contribution >= 4 is 35.3 Å². The fraction of sp³-hybridized carbons (Fsp3) is 0.304. The predicted molar refractivity (Wildman–Crippen MR) is 118 cm³/mol. The van der Waals surface area contributed by atoms with Crippen LogP contribution < -0.4 is 10.0 Å². The van der Waals surface area contributed by atoms with Gasteiger partial charge in [0.05, 0.1) is 32.7 Å². The minimum absolute atomic E-state index is 0.123. The Bertz CT molecular complexity index is 931. The van der Waals surface area contributed by atoms with Gasteiger partial charge in [0.1, 0.15) is 0 Å². The summed E-state index contributed by atoms with van der Waals surface area (Å²) in [5, 5.41) is 29.0. The van der Waals surface area contributed by atoms with E-state index in [1.165, 1.54) is 15.4 Å². The van der Waals surface area contributed by atoms with Crippen LogP contribution in [0.5, 0.6) is 0 Å². The molecule has 0 saturated carbocycles. The molecule has 0 bridgehead atoms. The Labute approximate surface area is 191 Å². The van der Waals surface area contributed by atoms with Crippen molar-refractivity contribution in [3.63, 3.8) is 0 Å². The Hall–Kier alpha value is -2.32. The number of nitrogens with one attached hydrogen (secondary N) is 1. The normalized spacial score (nSPS) is 17.3. The van der Waals surface area contributed by atoms with Crippen molar-refractivity contribution in [2.45, 2.75) is 34.7 Å². The number of carbonyl (C=O) groups is 2. The van der Waals surface area contributed by atoms with Gasteiger partial charge < -0.3 is 25.0 Å². The number of carbonyl (C=O) groups excluding carboxylic acids is 1. The summed E-state index contributed by atoms with van der Waals surface area (Å²) in [5.41, 5.74) is 2.21. The lowest BCUT2D eigenvalue weighted by Gasteiger charge is -2.23. The van der Waals surface area contributed by atoms with Gasteiger partial charge in [0.25, 0.3) is 0 Å². The SMILES string of the molecule is C[NH+](C)CCC[C@H]1c2ccccc2Sc2ccc(Cl)cc2[C@H]1O.O=C([O-])/C=C\C(=O)O. The molecule has 3 rings (SSSR count). The first-order chi connectivity index (χ1) is 14.7. The number of aliphatic carboxylic acids is 2. The number of quaternary nitrogens is 1. The zero-order valence-corrected chi connectivity index (χ0v) is 18.9. The molecule has 2 aromatic carbocycles. The van der Waals surface area contributed by atoms with Crippen molar-refractivity contribution in [2.75, 3.05) is 20.6 Å². The largest absolute Gasteiger partial charge is 0.545 e. The molecular formula is C23H26ClNO5S. The summed E-state index contributed by atoms with van der Waals surface area (Å²) in [5.74, 6) is -2.68. The summed E-state index contributed by atoms with van der Waals surface area (Å²) >= 11 is 7.91. The van der Waals surface area contributed by atoms with Gasteiger partial charge in [-0.2, -0.15) is 0 Å². The van der Waals surface area contributed by atoms with E-state index in [2.05, 4.69) is 38.4 Å². The first kappa shape index (κ1) is 24.9. The van der Waals surface area contributed by atoms with E-state index in [9.17, 15) is 19.8 Å². The van der Waals surface area contributed by atoms with Gasteiger partial charge in [-0.1, -0.05) is 41.6 Å². The van der Waals surface area contributed by atoms with Crippen molar-refractivity contribution in [2.24, 2.45) is 0 Å². The molecule has 1 aliphatic heterocycles. The number of fused-ring (bicyclic) bond motifs is 2. The summed E-state index contributed by atoms with van der Waals surface area (Å²) in [7, 11) is 4.34. The highest BCUT2D eigenvalue weighted by atomic mass is 35.5. The Morgan fingerprint density at radius 3 is 2.42 bits per heavy atom. The maximum atomic E-state index is 11.1. The van der Waals surface area contributed by atoms with Crippen LogP contribution in [0, 0.1) is 0 Å². The van der Waals surface area contributed by atoms with Crippen LogP contribution in [0.15, 0.2) is 64.4 Å². The third-order valence-corrected chi connectivity index (χ3v) is 6.18. The van der Waals surface area contributed by atoms with Crippen LogP contribution in [0.3, 0.4) is 0 Å².